The van der Waals surface area contributed by atoms with E-state index in [9.17, 15) is 10.2 Å². The summed E-state index contributed by atoms with van der Waals surface area (Å²) in [5, 5.41) is 27.6. The number of nitrogens with zero attached hydrogens (tertiary/aromatic N) is 2. The Morgan fingerprint density at radius 3 is 1.22 bits per heavy atom. The Balaban J connectivity index is 4.83. The van der Waals surface area contributed by atoms with Crippen molar-refractivity contribution in [3.8, 4) is 0 Å². The van der Waals surface area contributed by atoms with Gasteiger partial charge < -0.3 is 10.2 Å². The minimum atomic E-state index is -0.540. The van der Waals surface area contributed by atoms with Crippen LogP contribution in [-0.2, 0) is 0 Å². The highest BCUT2D eigenvalue weighted by Crippen LogP contribution is 2.26. The summed E-state index contributed by atoms with van der Waals surface area (Å²) in [5.41, 5.74) is -1.08. The Labute approximate surface area is 112 Å². The van der Waals surface area contributed by atoms with Gasteiger partial charge in [-0.1, -0.05) is 27.7 Å². The molecular weight excluding hydrogens is 228 g/mol. The topological polar surface area (TPSA) is 65.2 Å². The lowest BCUT2D eigenvalue weighted by atomic mass is 9.91. The molecule has 0 spiro atoms. The van der Waals surface area contributed by atoms with E-state index in [1.54, 1.807) is 0 Å². The normalized spacial score (nSPS) is 19.4. The molecule has 0 fully saturated rings. The van der Waals surface area contributed by atoms with Gasteiger partial charge in [-0.25, -0.2) is 0 Å². The largest absolute Gasteiger partial charge is 0.394 e. The second kappa shape index (κ2) is 7.19. The molecule has 0 saturated carbocycles. The van der Waals surface area contributed by atoms with Gasteiger partial charge in [-0.05, 0) is 38.5 Å². The highest BCUT2D eigenvalue weighted by atomic mass is 16.3. The van der Waals surface area contributed by atoms with Crippen molar-refractivity contribution in [2.45, 2.75) is 65.5 Å². The van der Waals surface area contributed by atoms with Gasteiger partial charge in [0, 0.05) is 0 Å². The first-order valence-corrected chi connectivity index (χ1v) is 6.82. The quantitative estimate of drug-likeness (QED) is 0.657. The summed E-state index contributed by atoms with van der Waals surface area (Å²) in [4.78, 5) is 0. The maximum absolute atomic E-state index is 9.47. The molecule has 2 unspecified atom stereocenters. The molecule has 0 saturated heterocycles. The molecule has 0 aromatic carbocycles. The number of aliphatic hydroxyl groups excluding tert-OH is 2. The first-order valence-electron chi connectivity index (χ1n) is 6.82. The maximum atomic E-state index is 9.47. The number of hydrogen-bond donors (Lipinski definition) is 2. The molecule has 4 heteroatoms. The van der Waals surface area contributed by atoms with Gasteiger partial charge in [0.15, 0.2) is 0 Å². The predicted molar refractivity (Wildman–Crippen MR) is 74.7 cm³/mol. The molecule has 0 rings (SSSR count). The monoisotopic (exact) mass is 258 g/mol. The first kappa shape index (κ1) is 17.5. The van der Waals surface area contributed by atoms with Gasteiger partial charge in [-0.2, -0.15) is 10.2 Å². The van der Waals surface area contributed by atoms with E-state index >= 15 is 0 Å². The smallest absolute Gasteiger partial charge is 0.102 e. The Morgan fingerprint density at radius 2 is 1.06 bits per heavy atom. The lowest BCUT2D eigenvalue weighted by molar-refractivity contribution is 0.155. The van der Waals surface area contributed by atoms with E-state index in [2.05, 4.69) is 37.9 Å². The van der Waals surface area contributed by atoms with Crippen LogP contribution in [0.5, 0.6) is 0 Å². The average molecular weight is 258 g/mol. The van der Waals surface area contributed by atoms with Crippen molar-refractivity contribution in [1.82, 2.24) is 0 Å². The molecule has 0 aliphatic rings. The predicted octanol–water partition coefficient (Wildman–Crippen LogP) is 3.03. The molecule has 0 aromatic heterocycles. The Hall–Kier alpha value is -0.480. The molecule has 108 valence electrons. The van der Waals surface area contributed by atoms with Crippen molar-refractivity contribution in [3.63, 3.8) is 0 Å². The third kappa shape index (κ3) is 6.45. The third-order valence-corrected chi connectivity index (χ3v) is 2.91. The van der Waals surface area contributed by atoms with E-state index in [1.165, 1.54) is 0 Å². The molecule has 0 aromatic rings. The molecule has 2 atom stereocenters. The molecule has 0 heterocycles. The molecule has 0 aliphatic carbocycles. The Kier molecular flexibility index (Phi) is 7.00. The lowest BCUT2D eigenvalue weighted by Gasteiger charge is -2.28. The molecule has 2 N–H and O–H groups in total. The zero-order valence-corrected chi connectivity index (χ0v) is 12.8. The number of rotatable bonds is 8. The fraction of sp³-hybridized carbons (Fsp3) is 1.00. The third-order valence-electron chi connectivity index (χ3n) is 2.91. The summed E-state index contributed by atoms with van der Waals surface area (Å²) in [5.74, 6) is 0.901. The highest BCUT2D eigenvalue weighted by Gasteiger charge is 2.28. The summed E-state index contributed by atoms with van der Waals surface area (Å²) in [7, 11) is 0. The van der Waals surface area contributed by atoms with Crippen LogP contribution >= 0.6 is 0 Å². The summed E-state index contributed by atoms with van der Waals surface area (Å²) in [6.45, 7) is 12.2. The van der Waals surface area contributed by atoms with E-state index in [0.717, 1.165) is 12.8 Å². The van der Waals surface area contributed by atoms with Crippen molar-refractivity contribution < 1.29 is 10.2 Å². The van der Waals surface area contributed by atoms with Crippen LogP contribution in [0.3, 0.4) is 0 Å². The number of aliphatic hydroxyl groups is 2. The van der Waals surface area contributed by atoms with E-state index < -0.39 is 11.1 Å². The van der Waals surface area contributed by atoms with E-state index in [4.69, 9.17) is 0 Å². The molecule has 18 heavy (non-hydrogen) atoms. The number of azo groups is 1. The minimum Gasteiger partial charge on any atom is -0.394 e. The molecule has 0 radical (unpaired) electrons. The maximum Gasteiger partial charge on any atom is 0.102 e. The summed E-state index contributed by atoms with van der Waals surface area (Å²) >= 11 is 0. The van der Waals surface area contributed by atoms with Gasteiger partial charge in [0.05, 0.1) is 13.2 Å². The Morgan fingerprint density at radius 1 is 0.778 bits per heavy atom. The van der Waals surface area contributed by atoms with E-state index in [1.807, 2.05) is 13.8 Å². The second-order valence-electron chi connectivity index (χ2n) is 6.71. The van der Waals surface area contributed by atoms with Gasteiger partial charge in [0.25, 0.3) is 0 Å². The van der Waals surface area contributed by atoms with Crippen molar-refractivity contribution in [2.75, 3.05) is 13.2 Å². The zero-order chi connectivity index (χ0) is 14.4. The lowest BCUT2D eigenvalue weighted by Crippen LogP contribution is -2.33. The van der Waals surface area contributed by atoms with Crippen LogP contribution in [0.25, 0.3) is 0 Å². The van der Waals surface area contributed by atoms with Crippen molar-refractivity contribution in [3.05, 3.63) is 0 Å². The van der Waals surface area contributed by atoms with Crippen LogP contribution in [0.15, 0.2) is 10.2 Å². The molecule has 0 amide bonds. The number of hydrogen-bond acceptors (Lipinski definition) is 4. The van der Waals surface area contributed by atoms with Gasteiger partial charge in [-0.3, -0.25) is 0 Å². The first-order chi connectivity index (χ1) is 8.16. The van der Waals surface area contributed by atoms with Gasteiger partial charge in [-0.15, -0.1) is 0 Å². The summed E-state index contributed by atoms with van der Waals surface area (Å²) in [6, 6.07) is 0. The molecular formula is C14H30N2O2. The van der Waals surface area contributed by atoms with Crippen LogP contribution in [0.1, 0.15) is 54.4 Å². The summed E-state index contributed by atoms with van der Waals surface area (Å²) in [6.07, 6.45) is 1.58. The second-order valence-corrected chi connectivity index (χ2v) is 6.71. The van der Waals surface area contributed by atoms with Gasteiger partial charge in [0.2, 0.25) is 0 Å². The van der Waals surface area contributed by atoms with Gasteiger partial charge >= 0.3 is 0 Å². The fourth-order valence-electron chi connectivity index (χ4n) is 2.27. The standard InChI is InChI=1S/C14H30N2O2/c1-11(2)7-13(5,9-17)15-16-14(6,10-18)8-12(3)4/h11-12,17-18H,7-10H2,1-6H3. The highest BCUT2D eigenvalue weighted by molar-refractivity contribution is 4.87. The van der Waals surface area contributed by atoms with E-state index in [-0.39, 0.29) is 13.2 Å². The van der Waals surface area contributed by atoms with Crippen molar-refractivity contribution in [1.29, 1.82) is 0 Å². The molecule has 0 bridgehead atoms. The average Bonchev–Trinajstić information content (AvgIpc) is 2.25. The van der Waals surface area contributed by atoms with Crippen molar-refractivity contribution in [2.24, 2.45) is 22.1 Å². The van der Waals surface area contributed by atoms with Crippen LogP contribution in [0, 0.1) is 11.8 Å². The van der Waals surface area contributed by atoms with Crippen LogP contribution in [0.4, 0.5) is 0 Å². The molecule has 0 aliphatic heterocycles. The van der Waals surface area contributed by atoms with Crippen molar-refractivity contribution >= 4 is 0 Å². The SMILES string of the molecule is CC(C)CC(C)(CO)N=NC(C)(CO)CC(C)C. The fourth-order valence-corrected chi connectivity index (χ4v) is 2.27. The van der Waals surface area contributed by atoms with Crippen LogP contribution in [0.2, 0.25) is 0 Å². The van der Waals surface area contributed by atoms with Crippen LogP contribution in [-0.4, -0.2) is 34.5 Å². The van der Waals surface area contributed by atoms with Crippen LogP contribution < -0.4 is 0 Å². The van der Waals surface area contributed by atoms with E-state index in [0.29, 0.717) is 11.8 Å². The summed E-state index contributed by atoms with van der Waals surface area (Å²) < 4.78 is 0. The minimum absolute atomic E-state index is 0.0160. The molecule has 4 nitrogen and oxygen atoms in total. The van der Waals surface area contributed by atoms with Gasteiger partial charge in [0.1, 0.15) is 11.1 Å². The Bertz CT molecular complexity index is 241. The zero-order valence-electron chi connectivity index (χ0n) is 12.8.